The van der Waals surface area contributed by atoms with Crippen molar-refractivity contribution in [3.05, 3.63) is 5.21 Å². The van der Waals surface area contributed by atoms with E-state index in [1.54, 1.807) is 0 Å². The van der Waals surface area contributed by atoms with Crippen LogP contribution in [-0.4, -0.2) is 51.0 Å². The van der Waals surface area contributed by atoms with Crippen molar-refractivity contribution >= 4 is 5.91 Å². The number of amides is 1. The molecule has 4 aliphatic rings. The molecule has 1 N–H and O–H groups in total. The van der Waals surface area contributed by atoms with E-state index >= 15 is 0 Å². The second-order valence-electron chi connectivity index (χ2n) is 7.77. The van der Waals surface area contributed by atoms with E-state index in [9.17, 15) is 15.1 Å². The maximum atomic E-state index is 13.8. The predicted octanol–water partition coefficient (Wildman–Crippen LogP) is 1.73. The molecule has 4 heterocycles. The summed E-state index contributed by atoms with van der Waals surface area (Å²) in [6, 6.07) is 0.154. The molecule has 5 nitrogen and oxygen atoms in total. The first-order valence-electron chi connectivity index (χ1n) is 8.60. The third kappa shape index (κ3) is 1.83. The predicted molar refractivity (Wildman–Crippen MR) is 77.7 cm³/mol. The molecule has 4 fully saturated rings. The Morgan fingerprint density at radius 1 is 1.24 bits per heavy atom. The average molecular weight is 294 g/mol. The third-order valence-electron chi connectivity index (χ3n) is 6.51. The quantitative estimate of drug-likeness (QED) is 0.547. The maximum absolute atomic E-state index is 13.8. The van der Waals surface area contributed by atoms with Crippen molar-refractivity contribution in [2.24, 2.45) is 5.92 Å². The van der Waals surface area contributed by atoms with Crippen molar-refractivity contribution < 1.29 is 14.5 Å². The van der Waals surface area contributed by atoms with Gasteiger partial charge in [0, 0.05) is 38.1 Å². The number of aliphatic hydroxyl groups is 1. The highest BCUT2D eigenvalue weighted by atomic mass is 16.6. The van der Waals surface area contributed by atoms with Gasteiger partial charge in [0.15, 0.2) is 6.17 Å². The van der Waals surface area contributed by atoms with Gasteiger partial charge < -0.3 is 15.0 Å². The Labute approximate surface area is 126 Å². The summed E-state index contributed by atoms with van der Waals surface area (Å²) in [5.74, 6) is 0.691. The average Bonchev–Trinajstić information content (AvgIpc) is 2.43. The Kier molecular flexibility index (Phi) is 3.11. The highest BCUT2D eigenvalue weighted by Crippen LogP contribution is 2.50. The van der Waals surface area contributed by atoms with Gasteiger partial charge in [0.2, 0.25) is 5.91 Å². The Morgan fingerprint density at radius 3 is 2.86 bits per heavy atom. The van der Waals surface area contributed by atoms with E-state index in [0.717, 1.165) is 32.1 Å². The number of rotatable bonds is 0. The van der Waals surface area contributed by atoms with Crippen LogP contribution in [0.1, 0.15) is 58.3 Å². The third-order valence-corrected chi connectivity index (χ3v) is 6.51. The molecule has 0 aromatic heterocycles. The molecule has 0 aliphatic carbocycles. The fourth-order valence-electron chi connectivity index (χ4n) is 5.69. The highest BCUT2D eigenvalue weighted by molar-refractivity contribution is 5.77. The molecular weight excluding hydrogens is 268 g/mol. The smallest absolute Gasteiger partial charge is 0.227 e. The first-order valence-corrected chi connectivity index (χ1v) is 8.60. The van der Waals surface area contributed by atoms with E-state index in [4.69, 9.17) is 0 Å². The number of hydrogen-bond acceptors (Lipinski definition) is 3. The second-order valence-corrected chi connectivity index (χ2v) is 7.77. The van der Waals surface area contributed by atoms with Crippen molar-refractivity contribution in [3.8, 4) is 0 Å². The van der Waals surface area contributed by atoms with Gasteiger partial charge in [0.1, 0.15) is 12.1 Å². The molecule has 0 unspecified atom stereocenters. The van der Waals surface area contributed by atoms with Gasteiger partial charge in [0.25, 0.3) is 0 Å². The van der Waals surface area contributed by atoms with E-state index in [1.165, 1.54) is 0 Å². The minimum Gasteiger partial charge on any atom is -0.631 e. The zero-order valence-corrected chi connectivity index (χ0v) is 12.8. The molecule has 0 bridgehead atoms. The number of piperidine rings is 3. The van der Waals surface area contributed by atoms with E-state index in [0.29, 0.717) is 25.2 Å². The molecule has 0 aromatic rings. The first kappa shape index (κ1) is 14.0. The lowest BCUT2D eigenvalue weighted by Gasteiger charge is -2.70. The molecule has 118 valence electrons. The Morgan fingerprint density at radius 2 is 2.05 bits per heavy atom. The standard InChI is InChI=1S/C16H26N2O3/c1-10-7-12-9-11-3-2-4-16(20)17(11)15-6-5-14(19)13(8-10)18(12,15)21/h10-15,19H,2-9H2,1H3/t10-,11+,12-,13-,14-,15-,18+/m1/s1. The van der Waals surface area contributed by atoms with Crippen LogP contribution in [0.25, 0.3) is 0 Å². The summed E-state index contributed by atoms with van der Waals surface area (Å²) in [6.45, 7) is 2.21. The van der Waals surface area contributed by atoms with Crippen molar-refractivity contribution in [2.45, 2.75) is 88.7 Å². The Bertz CT molecular complexity index is 457. The second kappa shape index (κ2) is 4.67. The van der Waals surface area contributed by atoms with Crippen LogP contribution >= 0.6 is 0 Å². The van der Waals surface area contributed by atoms with Gasteiger partial charge in [-0.05, 0) is 25.2 Å². The number of carbonyl (C=O) groups excluding carboxylic acids is 1. The molecule has 0 saturated carbocycles. The van der Waals surface area contributed by atoms with Gasteiger partial charge in [0.05, 0.1) is 6.04 Å². The number of aliphatic hydroxyl groups excluding tert-OH is 1. The van der Waals surface area contributed by atoms with Crippen LogP contribution in [0.5, 0.6) is 0 Å². The molecule has 4 aliphatic heterocycles. The highest BCUT2D eigenvalue weighted by Gasteiger charge is 2.59. The van der Waals surface area contributed by atoms with Crippen LogP contribution in [0.4, 0.5) is 0 Å². The molecule has 4 saturated heterocycles. The van der Waals surface area contributed by atoms with Crippen LogP contribution in [0, 0.1) is 11.1 Å². The fraction of sp³-hybridized carbons (Fsp3) is 0.938. The van der Waals surface area contributed by atoms with Gasteiger partial charge in [-0.15, -0.1) is 0 Å². The zero-order valence-electron chi connectivity index (χ0n) is 12.8. The number of quaternary nitrogens is 1. The monoisotopic (exact) mass is 294 g/mol. The molecule has 7 atom stereocenters. The molecule has 0 spiro atoms. The normalized spacial score (nSPS) is 53.1. The van der Waals surface area contributed by atoms with E-state index < -0.39 is 6.10 Å². The van der Waals surface area contributed by atoms with E-state index in [-0.39, 0.29) is 34.8 Å². The van der Waals surface area contributed by atoms with Crippen molar-refractivity contribution in [2.75, 3.05) is 0 Å². The summed E-state index contributed by atoms with van der Waals surface area (Å²) in [4.78, 5) is 14.4. The number of hydroxylamine groups is 3. The largest absolute Gasteiger partial charge is 0.631 e. The van der Waals surface area contributed by atoms with Crippen LogP contribution in [-0.2, 0) is 4.79 Å². The van der Waals surface area contributed by atoms with Gasteiger partial charge >= 0.3 is 0 Å². The Balaban J connectivity index is 1.75. The summed E-state index contributed by atoms with van der Waals surface area (Å²) >= 11 is 0. The first-order chi connectivity index (χ1) is 10.0. The lowest BCUT2D eigenvalue weighted by molar-refractivity contribution is -0.982. The van der Waals surface area contributed by atoms with E-state index in [2.05, 4.69) is 6.92 Å². The fourth-order valence-corrected chi connectivity index (χ4v) is 5.69. The van der Waals surface area contributed by atoms with E-state index in [1.807, 2.05) is 4.90 Å². The molecule has 0 radical (unpaired) electrons. The summed E-state index contributed by atoms with van der Waals surface area (Å²) in [6.07, 6.45) is 5.89. The summed E-state index contributed by atoms with van der Waals surface area (Å²) in [5, 5.41) is 24.2. The van der Waals surface area contributed by atoms with Gasteiger partial charge in [-0.25, -0.2) is 0 Å². The van der Waals surface area contributed by atoms with Crippen LogP contribution in [0.15, 0.2) is 0 Å². The number of nitrogens with zero attached hydrogens (tertiary/aromatic N) is 2. The van der Waals surface area contributed by atoms with Crippen molar-refractivity contribution in [1.29, 1.82) is 0 Å². The molecule has 21 heavy (non-hydrogen) atoms. The number of fused-ring (bicyclic) bond motifs is 2. The number of carbonyl (C=O) groups is 1. The lowest BCUT2D eigenvalue weighted by atomic mass is 9.74. The van der Waals surface area contributed by atoms with Crippen molar-refractivity contribution in [1.82, 2.24) is 4.90 Å². The van der Waals surface area contributed by atoms with Crippen LogP contribution in [0.3, 0.4) is 0 Å². The minimum atomic E-state index is -0.486. The minimum absolute atomic E-state index is 0.0887. The maximum Gasteiger partial charge on any atom is 0.227 e. The van der Waals surface area contributed by atoms with Crippen LogP contribution in [0.2, 0.25) is 0 Å². The molecule has 4 rings (SSSR count). The SMILES string of the molecule is C[C@@H]1C[C@@H]2C[C@@H]3CCCC(=O)N3[C@H]3CC[C@@H](O)[C@@H](C1)[N@@+]23[O-]. The zero-order chi connectivity index (χ0) is 14.8. The molecular formula is C16H26N2O3. The summed E-state index contributed by atoms with van der Waals surface area (Å²) < 4.78 is -0.298. The van der Waals surface area contributed by atoms with Crippen LogP contribution < -0.4 is 0 Å². The van der Waals surface area contributed by atoms with Gasteiger partial charge in [-0.1, -0.05) is 6.92 Å². The topological polar surface area (TPSA) is 63.6 Å². The lowest BCUT2D eigenvalue weighted by Crippen LogP contribution is -2.79. The summed E-state index contributed by atoms with van der Waals surface area (Å²) in [7, 11) is 0. The van der Waals surface area contributed by atoms with Crippen molar-refractivity contribution in [3.63, 3.8) is 0 Å². The Hall–Kier alpha value is -0.650. The van der Waals surface area contributed by atoms with Gasteiger partial charge in [-0.2, -0.15) is 0 Å². The molecule has 0 aromatic carbocycles. The summed E-state index contributed by atoms with van der Waals surface area (Å²) in [5.41, 5.74) is 0. The van der Waals surface area contributed by atoms with Gasteiger partial charge in [-0.3, -0.25) is 9.69 Å². The molecule has 1 amide bonds. The molecule has 5 heteroatoms. The number of hydrogen-bond donors (Lipinski definition) is 1.